The van der Waals surface area contributed by atoms with Gasteiger partial charge < -0.3 is 10.4 Å². The van der Waals surface area contributed by atoms with Gasteiger partial charge in [0, 0.05) is 17.9 Å². The maximum atomic E-state index is 11.9. The first-order valence-electron chi connectivity index (χ1n) is 6.63. The summed E-state index contributed by atoms with van der Waals surface area (Å²) in [6, 6.07) is 7.55. The van der Waals surface area contributed by atoms with E-state index in [0.29, 0.717) is 24.9 Å². The van der Waals surface area contributed by atoms with Crippen molar-refractivity contribution < 1.29 is 14.7 Å². The number of carbonyl (C=O) groups is 2. The first kappa shape index (κ1) is 16.6. The molecule has 1 atom stereocenters. The minimum Gasteiger partial charge on any atom is -0.481 e. The average Bonchev–Trinajstić information content (AvgIpc) is 2.44. The molecule has 0 fully saturated rings. The number of hydrogen-bond donors (Lipinski definition) is 2. The fourth-order valence-corrected chi connectivity index (χ4v) is 2.28. The van der Waals surface area contributed by atoms with Gasteiger partial charge in [-0.25, -0.2) is 0 Å². The van der Waals surface area contributed by atoms with Crippen LogP contribution in [-0.2, 0) is 10.5 Å². The number of amides is 1. The van der Waals surface area contributed by atoms with Gasteiger partial charge in [0.25, 0.3) is 5.91 Å². The van der Waals surface area contributed by atoms with Crippen LogP contribution in [0.2, 0.25) is 0 Å². The standard InChI is InChI=1S/C15H21NO3S/c1-11(15(18)19)4-3-9-16-14(17)13-7-5-12(6-8-13)10-20-2/h5-8,11H,3-4,9-10H2,1-2H3,(H,16,17)(H,18,19). The fourth-order valence-electron chi connectivity index (χ4n) is 1.75. The van der Waals surface area contributed by atoms with Crippen LogP contribution in [0.3, 0.4) is 0 Å². The van der Waals surface area contributed by atoms with Gasteiger partial charge in [0.2, 0.25) is 0 Å². The Bertz CT molecular complexity index is 445. The third-order valence-corrected chi connectivity index (χ3v) is 3.67. The molecular formula is C15H21NO3S. The predicted molar refractivity (Wildman–Crippen MR) is 82.0 cm³/mol. The van der Waals surface area contributed by atoms with Crippen LogP contribution in [-0.4, -0.2) is 29.8 Å². The minimum absolute atomic E-state index is 0.108. The molecule has 0 saturated heterocycles. The second kappa shape index (κ2) is 8.64. The summed E-state index contributed by atoms with van der Waals surface area (Å²) >= 11 is 1.74. The van der Waals surface area contributed by atoms with E-state index in [1.165, 1.54) is 5.56 Å². The third-order valence-electron chi connectivity index (χ3n) is 3.05. The fraction of sp³-hybridized carbons (Fsp3) is 0.467. The van der Waals surface area contributed by atoms with E-state index in [1.54, 1.807) is 18.7 Å². The van der Waals surface area contributed by atoms with Crippen LogP contribution in [0, 0.1) is 5.92 Å². The largest absolute Gasteiger partial charge is 0.481 e. The normalized spacial score (nSPS) is 11.9. The van der Waals surface area contributed by atoms with Crippen molar-refractivity contribution in [2.75, 3.05) is 12.8 Å². The van der Waals surface area contributed by atoms with Crippen LogP contribution in [0.1, 0.15) is 35.7 Å². The van der Waals surface area contributed by atoms with Crippen LogP contribution >= 0.6 is 11.8 Å². The lowest BCUT2D eigenvalue weighted by Crippen LogP contribution is -2.25. The minimum atomic E-state index is -0.791. The zero-order valence-electron chi connectivity index (χ0n) is 11.9. The zero-order chi connectivity index (χ0) is 15.0. The smallest absolute Gasteiger partial charge is 0.306 e. The second-order valence-corrected chi connectivity index (χ2v) is 5.63. The van der Waals surface area contributed by atoms with Gasteiger partial charge in [-0.1, -0.05) is 19.1 Å². The Labute approximate surface area is 124 Å². The highest BCUT2D eigenvalue weighted by atomic mass is 32.2. The number of carboxylic acid groups (broad SMARTS) is 1. The monoisotopic (exact) mass is 295 g/mol. The highest BCUT2D eigenvalue weighted by Gasteiger charge is 2.10. The molecule has 0 radical (unpaired) electrons. The number of hydrogen-bond acceptors (Lipinski definition) is 3. The molecule has 1 amide bonds. The molecule has 0 aliphatic heterocycles. The van der Waals surface area contributed by atoms with E-state index < -0.39 is 5.97 Å². The molecule has 5 heteroatoms. The molecule has 1 aromatic rings. The highest BCUT2D eigenvalue weighted by Crippen LogP contribution is 2.10. The number of aliphatic carboxylic acids is 1. The number of nitrogens with one attached hydrogen (secondary N) is 1. The molecule has 1 aromatic carbocycles. The molecule has 1 unspecified atom stereocenters. The number of rotatable bonds is 8. The van der Waals surface area contributed by atoms with E-state index in [2.05, 4.69) is 5.32 Å². The number of carbonyl (C=O) groups excluding carboxylic acids is 1. The van der Waals surface area contributed by atoms with Gasteiger partial charge in [0.15, 0.2) is 0 Å². The van der Waals surface area contributed by atoms with Crippen molar-refractivity contribution in [1.82, 2.24) is 5.32 Å². The summed E-state index contributed by atoms with van der Waals surface area (Å²) in [5, 5.41) is 11.6. The maximum absolute atomic E-state index is 11.9. The molecule has 0 aliphatic carbocycles. The Morgan fingerprint density at radius 1 is 1.30 bits per heavy atom. The lowest BCUT2D eigenvalue weighted by molar-refractivity contribution is -0.141. The van der Waals surface area contributed by atoms with E-state index in [0.717, 1.165) is 5.75 Å². The number of benzene rings is 1. The van der Waals surface area contributed by atoms with Gasteiger partial charge in [-0.15, -0.1) is 0 Å². The van der Waals surface area contributed by atoms with Crippen LogP contribution in [0.15, 0.2) is 24.3 Å². The average molecular weight is 295 g/mol. The van der Waals surface area contributed by atoms with Crippen LogP contribution in [0.25, 0.3) is 0 Å². The van der Waals surface area contributed by atoms with E-state index in [4.69, 9.17) is 5.11 Å². The van der Waals surface area contributed by atoms with Gasteiger partial charge >= 0.3 is 5.97 Å². The summed E-state index contributed by atoms with van der Waals surface area (Å²) in [6.45, 7) is 2.18. The molecule has 2 N–H and O–H groups in total. The molecule has 0 spiro atoms. The maximum Gasteiger partial charge on any atom is 0.306 e. The molecule has 0 aromatic heterocycles. The first-order chi connectivity index (χ1) is 9.54. The Hall–Kier alpha value is -1.49. The highest BCUT2D eigenvalue weighted by molar-refractivity contribution is 7.97. The summed E-state index contributed by atoms with van der Waals surface area (Å²) in [7, 11) is 0. The molecule has 0 aliphatic rings. The topological polar surface area (TPSA) is 66.4 Å². The third kappa shape index (κ3) is 5.65. The van der Waals surface area contributed by atoms with Gasteiger partial charge in [-0.2, -0.15) is 11.8 Å². The molecule has 1 rings (SSSR count). The first-order valence-corrected chi connectivity index (χ1v) is 8.03. The molecule has 110 valence electrons. The van der Waals surface area contributed by atoms with Crippen LogP contribution < -0.4 is 5.32 Å². The Balaban J connectivity index is 2.33. The van der Waals surface area contributed by atoms with Gasteiger partial charge in [-0.05, 0) is 36.8 Å². The van der Waals surface area contributed by atoms with Gasteiger partial charge in [0.05, 0.1) is 5.92 Å². The predicted octanol–water partition coefficient (Wildman–Crippen LogP) is 2.78. The molecule has 0 saturated carbocycles. The van der Waals surface area contributed by atoms with Crippen molar-refractivity contribution in [2.45, 2.75) is 25.5 Å². The van der Waals surface area contributed by atoms with Crippen LogP contribution in [0.4, 0.5) is 0 Å². The quantitative estimate of drug-likeness (QED) is 0.724. The van der Waals surface area contributed by atoms with Gasteiger partial charge in [-0.3, -0.25) is 9.59 Å². The molecule has 20 heavy (non-hydrogen) atoms. The van der Waals surface area contributed by atoms with E-state index in [-0.39, 0.29) is 11.8 Å². The van der Waals surface area contributed by atoms with Crippen LogP contribution in [0.5, 0.6) is 0 Å². The van der Waals surface area contributed by atoms with Crippen molar-refractivity contribution >= 4 is 23.6 Å². The summed E-state index contributed by atoms with van der Waals surface area (Å²) in [6.07, 6.45) is 3.28. The Kier molecular flexibility index (Phi) is 7.15. The lowest BCUT2D eigenvalue weighted by atomic mass is 10.1. The van der Waals surface area contributed by atoms with E-state index in [9.17, 15) is 9.59 Å². The Morgan fingerprint density at radius 3 is 2.50 bits per heavy atom. The summed E-state index contributed by atoms with van der Waals surface area (Å²) < 4.78 is 0. The SMILES string of the molecule is CSCc1ccc(C(=O)NCCCC(C)C(=O)O)cc1. The van der Waals surface area contributed by atoms with Gasteiger partial charge in [0.1, 0.15) is 0 Å². The summed E-state index contributed by atoms with van der Waals surface area (Å²) in [5.74, 6) is -0.322. The molecule has 4 nitrogen and oxygen atoms in total. The van der Waals surface area contributed by atoms with Crippen molar-refractivity contribution in [3.05, 3.63) is 35.4 Å². The van der Waals surface area contributed by atoms with E-state index >= 15 is 0 Å². The number of carboxylic acids is 1. The second-order valence-electron chi connectivity index (χ2n) is 4.77. The van der Waals surface area contributed by atoms with Crippen molar-refractivity contribution in [3.63, 3.8) is 0 Å². The molecular weight excluding hydrogens is 274 g/mol. The van der Waals surface area contributed by atoms with Crippen molar-refractivity contribution in [1.29, 1.82) is 0 Å². The summed E-state index contributed by atoms with van der Waals surface area (Å²) in [5.41, 5.74) is 1.84. The van der Waals surface area contributed by atoms with Crippen molar-refractivity contribution in [2.24, 2.45) is 5.92 Å². The Morgan fingerprint density at radius 2 is 1.95 bits per heavy atom. The lowest BCUT2D eigenvalue weighted by Gasteiger charge is -2.08. The zero-order valence-corrected chi connectivity index (χ0v) is 12.7. The number of thioether (sulfide) groups is 1. The summed E-state index contributed by atoms with van der Waals surface area (Å²) in [4.78, 5) is 22.5. The molecule has 0 heterocycles. The molecule has 0 bridgehead atoms. The van der Waals surface area contributed by atoms with Crippen molar-refractivity contribution in [3.8, 4) is 0 Å². The van der Waals surface area contributed by atoms with E-state index in [1.807, 2.05) is 30.5 Å².